The van der Waals surface area contributed by atoms with Crippen LogP contribution in [0.15, 0.2) is 0 Å². The van der Waals surface area contributed by atoms with E-state index in [-0.39, 0.29) is 23.5 Å². The van der Waals surface area contributed by atoms with Gasteiger partial charge in [0.1, 0.15) is 0 Å². The van der Waals surface area contributed by atoms with Crippen LogP contribution in [0.1, 0.15) is 34.1 Å². The molecule has 16 heavy (non-hydrogen) atoms. The summed E-state index contributed by atoms with van der Waals surface area (Å²) in [7, 11) is 0. The summed E-state index contributed by atoms with van der Waals surface area (Å²) in [4.78, 5) is 13.9. The summed E-state index contributed by atoms with van der Waals surface area (Å²) in [5.41, 5.74) is 5.83. The molecule has 0 bridgehead atoms. The van der Waals surface area contributed by atoms with Gasteiger partial charge in [0.15, 0.2) is 0 Å². The van der Waals surface area contributed by atoms with Gasteiger partial charge in [-0.2, -0.15) is 0 Å². The van der Waals surface area contributed by atoms with Gasteiger partial charge in [-0.05, 0) is 12.3 Å². The van der Waals surface area contributed by atoms with E-state index in [1.165, 1.54) is 0 Å². The van der Waals surface area contributed by atoms with E-state index >= 15 is 0 Å². The van der Waals surface area contributed by atoms with Gasteiger partial charge in [0.2, 0.25) is 5.91 Å². The highest BCUT2D eigenvalue weighted by Gasteiger charge is 2.28. The topological polar surface area (TPSA) is 55.6 Å². The number of hydrogen-bond acceptors (Lipinski definition) is 3. The van der Waals surface area contributed by atoms with Gasteiger partial charge in [0.05, 0.1) is 12.7 Å². The van der Waals surface area contributed by atoms with Crippen LogP contribution in [0.2, 0.25) is 0 Å². The van der Waals surface area contributed by atoms with Crippen molar-refractivity contribution in [2.75, 3.05) is 19.7 Å². The van der Waals surface area contributed by atoms with E-state index in [2.05, 4.69) is 20.8 Å². The molecule has 0 aliphatic carbocycles. The molecule has 0 aromatic rings. The number of ether oxygens (including phenoxy) is 1. The lowest BCUT2D eigenvalue weighted by atomic mass is 9.91. The largest absolute Gasteiger partial charge is 0.373 e. The number of morpholine rings is 1. The first-order valence-electron chi connectivity index (χ1n) is 5.94. The predicted octanol–water partition coefficient (Wildman–Crippen LogP) is 0.997. The summed E-state index contributed by atoms with van der Waals surface area (Å²) in [5.74, 6) is 0.210. The normalized spacial score (nSPS) is 24.3. The second-order valence-electron chi connectivity index (χ2n) is 5.85. The second kappa shape index (κ2) is 5.15. The minimum atomic E-state index is -0.0229. The van der Waals surface area contributed by atoms with Crippen molar-refractivity contribution in [3.8, 4) is 0 Å². The van der Waals surface area contributed by atoms with Crippen LogP contribution in [0.5, 0.6) is 0 Å². The molecule has 0 saturated carbocycles. The molecule has 4 heteroatoms. The maximum absolute atomic E-state index is 12.0. The van der Waals surface area contributed by atoms with E-state index in [9.17, 15) is 4.79 Å². The third-order valence-corrected chi connectivity index (χ3v) is 2.71. The highest BCUT2D eigenvalue weighted by atomic mass is 16.5. The molecular formula is C12H24N2O2. The molecule has 1 saturated heterocycles. The summed E-state index contributed by atoms with van der Waals surface area (Å²) in [5, 5.41) is 0. The van der Waals surface area contributed by atoms with Crippen molar-refractivity contribution < 1.29 is 9.53 Å². The highest BCUT2D eigenvalue weighted by Crippen LogP contribution is 2.21. The number of carbonyl (C=O) groups excluding carboxylic acids is 1. The molecule has 1 fully saturated rings. The first kappa shape index (κ1) is 13.5. The predicted molar refractivity (Wildman–Crippen MR) is 64.0 cm³/mol. The molecular weight excluding hydrogens is 204 g/mol. The average molecular weight is 228 g/mol. The molecule has 1 aliphatic heterocycles. The second-order valence-corrected chi connectivity index (χ2v) is 5.85. The van der Waals surface area contributed by atoms with E-state index in [4.69, 9.17) is 10.5 Å². The van der Waals surface area contributed by atoms with E-state index in [0.29, 0.717) is 26.1 Å². The standard InChI is InChI=1S/C12H24N2O2/c1-9(13)10-8-14(5-6-16-10)11(15)7-12(2,3)4/h9-10H,5-8,13H2,1-4H3. The van der Waals surface area contributed by atoms with Crippen LogP contribution in [0.3, 0.4) is 0 Å². The lowest BCUT2D eigenvalue weighted by Gasteiger charge is -2.36. The van der Waals surface area contributed by atoms with Crippen molar-refractivity contribution in [1.82, 2.24) is 4.90 Å². The maximum atomic E-state index is 12.0. The third kappa shape index (κ3) is 4.10. The quantitative estimate of drug-likeness (QED) is 0.767. The zero-order chi connectivity index (χ0) is 12.3. The van der Waals surface area contributed by atoms with Gasteiger partial charge in [-0.25, -0.2) is 0 Å². The van der Waals surface area contributed by atoms with Gasteiger partial charge in [-0.15, -0.1) is 0 Å². The third-order valence-electron chi connectivity index (χ3n) is 2.71. The van der Waals surface area contributed by atoms with Crippen LogP contribution in [0.4, 0.5) is 0 Å². The van der Waals surface area contributed by atoms with Crippen molar-refractivity contribution >= 4 is 5.91 Å². The molecule has 0 aromatic heterocycles. The van der Waals surface area contributed by atoms with Crippen LogP contribution < -0.4 is 5.73 Å². The van der Waals surface area contributed by atoms with Crippen LogP contribution in [0, 0.1) is 5.41 Å². The molecule has 2 atom stereocenters. The zero-order valence-corrected chi connectivity index (χ0v) is 10.8. The molecule has 1 heterocycles. The Morgan fingerprint density at radius 3 is 2.69 bits per heavy atom. The summed E-state index contributed by atoms with van der Waals surface area (Å²) >= 11 is 0. The Labute approximate surface area is 98.1 Å². The lowest BCUT2D eigenvalue weighted by Crippen LogP contribution is -2.51. The zero-order valence-electron chi connectivity index (χ0n) is 10.8. The average Bonchev–Trinajstić information content (AvgIpc) is 2.15. The fourth-order valence-corrected chi connectivity index (χ4v) is 1.79. The number of rotatable bonds is 2. The van der Waals surface area contributed by atoms with Gasteiger partial charge in [-0.3, -0.25) is 4.79 Å². The van der Waals surface area contributed by atoms with Crippen molar-refractivity contribution in [2.24, 2.45) is 11.1 Å². The number of nitrogens with two attached hydrogens (primary N) is 1. The van der Waals surface area contributed by atoms with Gasteiger partial charge in [0, 0.05) is 25.6 Å². The molecule has 4 nitrogen and oxygen atoms in total. The van der Waals surface area contributed by atoms with Gasteiger partial charge < -0.3 is 15.4 Å². The van der Waals surface area contributed by atoms with Crippen LogP contribution in [-0.2, 0) is 9.53 Å². The molecule has 94 valence electrons. The Bertz CT molecular complexity index is 246. The molecule has 1 amide bonds. The minimum Gasteiger partial charge on any atom is -0.373 e. The number of amides is 1. The summed E-state index contributed by atoms with van der Waals surface area (Å²) in [6, 6.07) is -0.0229. The Balaban J connectivity index is 2.50. The van der Waals surface area contributed by atoms with Crippen molar-refractivity contribution in [3.05, 3.63) is 0 Å². The first-order valence-corrected chi connectivity index (χ1v) is 5.94. The minimum absolute atomic E-state index is 0.0160. The summed E-state index contributed by atoms with van der Waals surface area (Å²) in [6.45, 7) is 10.1. The van der Waals surface area contributed by atoms with Crippen LogP contribution >= 0.6 is 0 Å². The van der Waals surface area contributed by atoms with Gasteiger partial charge in [-0.1, -0.05) is 20.8 Å². The van der Waals surface area contributed by atoms with Crippen molar-refractivity contribution in [2.45, 2.75) is 46.3 Å². The van der Waals surface area contributed by atoms with E-state index in [0.717, 1.165) is 0 Å². The molecule has 2 unspecified atom stereocenters. The van der Waals surface area contributed by atoms with Gasteiger partial charge in [0.25, 0.3) is 0 Å². The fourth-order valence-electron chi connectivity index (χ4n) is 1.79. The Morgan fingerprint density at radius 2 is 2.19 bits per heavy atom. The highest BCUT2D eigenvalue weighted by molar-refractivity contribution is 5.76. The van der Waals surface area contributed by atoms with Gasteiger partial charge >= 0.3 is 0 Å². The molecule has 0 spiro atoms. The Hall–Kier alpha value is -0.610. The molecule has 0 radical (unpaired) electrons. The van der Waals surface area contributed by atoms with Crippen molar-refractivity contribution in [1.29, 1.82) is 0 Å². The summed E-state index contributed by atoms with van der Waals surface area (Å²) in [6.07, 6.45) is 0.566. The molecule has 1 aliphatic rings. The van der Waals surface area contributed by atoms with E-state index in [1.54, 1.807) is 0 Å². The molecule has 0 aromatic carbocycles. The fraction of sp³-hybridized carbons (Fsp3) is 0.917. The monoisotopic (exact) mass is 228 g/mol. The molecule has 2 N–H and O–H groups in total. The first-order chi connectivity index (χ1) is 7.29. The molecule has 1 rings (SSSR count). The Morgan fingerprint density at radius 1 is 1.56 bits per heavy atom. The van der Waals surface area contributed by atoms with Crippen molar-refractivity contribution in [3.63, 3.8) is 0 Å². The Kier molecular flexibility index (Phi) is 4.33. The smallest absolute Gasteiger partial charge is 0.223 e. The number of nitrogens with zero attached hydrogens (tertiary/aromatic N) is 1. The number of hydrogen-bond donors (Lipinski definition) is 1. The van der Waals surface area contributed by atoms with E-state index in [1.807, 2.05) is 11.8 Å². The van der Waals surface area contributed by atoms with Crippen LogP contribution in [0.25, 0.3) is 0 Å². The number of carbonyl (C=O) groups is 1. The SMILES string of the molecule is CC(N)C1CN(C(=O)CC(C)(C)C)CCO1. The lowest BCUT2D eigenvalue weighted by molar-refractivity contribution is -0.141. The maximum Gasteiger partial charge on any atom is 0.223 e. The summed E-state index contributed by atoms with van der Waals surface area (Å²) < 4.78 is 5.53. The van der Waals surface area contributed by atoms with E-state index < -0.39 is 0 Å². The van der Waals surface area contributed by atoms with Crippen LogP contribution in [-0.4, -0.2) is 42.6 Å².